The smallest absolute Gasteiger partial charge is 0.270 e. The molecule has 0 radical (unpaired) electrons. The molecule has 0 saturated carbocycles. The van der Waals surface area contributed by atoms with E-state index in [1.54, 1.807) is 24.3 Å². The van der Waals surface area contributed by atoms with E-state index in [9.17, 15) is 20.0 Å². The van der Waals surface area contributed by atoms with Gasteiger partial charge in [0, 0.05) is 41.2 Å². The molecule has 0 aliphatic rings. The van der Waals surface area contributed by atoms with Crippen LogP contribution in [0, 0.1) is 10.1 Å². The molecule has 4 aromatic rings. The molecule has 28 heavy (non-hydrogen) atoms. The van der Waals surface area contributed by atoms with Crippen LogP contribution in [-0.2, 0) is 0 Å². The molecule has 4 rings (SSSR count). The first kappa shape index (κ1) is 17.6. The zero-order valence-electron chi connectivity index (χ0n) is 14.1. The lowest BCUT2D eigenvalue weighted by Gasteiger charge is -2.04. The summed E-state index contributed by atoms with van der Waals surface area (Å²) in [6.45, 7) is 0. The van der Waals surface area contributed by atoms with Gasteiger partial charge in [-0.25, -0.2) is 9.50 Å². The summed E-state index contributed by atoms with van der Waals surface area (Å²) in [7, 11) is 0. The van der Waals surface area contributed by atoms with Crippen molar-refractivity contribution in [3.63, 3.8) is 0 Å². The maximum atomic E-state index is 12.7. The Morgan fingerprint density at radius 1 is 1.18 bits per heavy atom. The second-order valence-electron chi connectivity index (χ2n) is 5.97. The molecule has 0 saturated heterocycles. The van der Waals surface area contributed by atoms with Crippen molar-refractivity contribution in [2.24, 2.45) is 0 Å². The Balaban J connectivity index is 1.75. The van der Waals surface area contributed by atoms with Crippen LogP contribution in [0.15, 0.2) is 60.9 Å². The molecule has 0 aliphatic carbocycles. The van der Waals surface area contributed by atoms with E-state index in [-0.39, 0.29) is 22.6 Å². The number of hydrogen-bond acceptors (Lipinski definition) is 6. The van der Waals surface area contributed by atoms with Gasteiger partial charge in [0.1, 0.15) is 5.75 Å². The number of fused-ring (bicyclic) bond motifs is 1. The van der Waals surface area contributed by atoms with Gasteiger partial charge in [0.2, 0.25) is 0 Å². The largest absolute Gasteiger partial charge is 0.507 e. The minimum atomic E-state index is -0.636. The van der Waals surface area contributed by atoms with Crippen LogP contribution in [0.25, 0.3) is 16.9 Å². The maximum absolute atomic E-state index is 12.7. The van der Waals surface area contributed by atoms with Gasteiger partial charge in [-0.15, -0.1) is 0 Å². The van der Waals surface area contributed by atoms with Crippen LogP contribution >= 0.6 is 11.6 Å². The molecule has 0 unspecified atom stereocenters. The van der Waals surface area contributed by atoms with Gasteiger partial charge in [-0.1, -0.05) is 23.7 Å². The van der Waals surface area contributed by atoms with E-state index < -0.39 is 10.7 Å². The minimum absolute atomic E-state index is 0.129. The average Bonchev–Trinajstić information content (AvgIpc) is 3.11. The zero-order valence-corrected chi connectivity index (χ0v) is 14.9. The van der Waals surface area contributed by atoms with E-state index in [1.807, 2.05) is 6.07 Å². The highest BCUT2D eigenvalue weighted by molar-refractivity contribution is 6.30. The van der Waals surface area contributed by atoms with Gasteiger partial charge in [-0.2, -0.15) is 5.10 Å². The van der Waals surface area contributed by atoms with Gasteiger partial charge in [-0.3, -0.25) is 14.9 Å². The molecule has 0 atom stereocenters. The van der Waals surface area contributed by atoms with Crippen LogP contribution in [0.3, 0.4) is 0 Å². The molecule has 0 spiro atoms. The topological polar surface area (TPSA) is 111 Å². The predicted octanol–water partition coefficient (Wildman–Crippen LogP) is 3.89. The summed E-state index contributed by atoms with van der Waals surface area (Å²) >= 11 is 6.01. The van der Waals surface area contributed by atoms with E-state index in [2.05, 4.69) is 10.1 Å². The van der Waals surface area contributed by atoms with Crippen LogP contribution in [0.4, 0.5) is 5.69 Å². The number of phenols is 1. The molecular formula is C19H11ClN4O4. The lowest BCUT2D eigenvalue weighted by molar-refractivity contribution is -0.384. The highest BCUT2D eigenvalue weighted by Gasteiger charge is 2.19. The fourth-order valence-corrected chi connectivity index (χ4v) is 2.95. The molecule has 8 nitrogen and oxygen atoms in total. The third-order valence-electron chi connectivity index (χ3n) is 4.13. The van der Waals surface area contributed by atoms with Crippen LogP contribution in [-0.4, -0.2) is 30.4 Å². The summed E-state index contributed by atoms with van der Waals surface area (Å²) in [4.78, 5) is 27.2. The number of carbonyl (C=O) groups is 1. The molecule has 138 valence electrons. The Morgan fingerprint density at radius 2 is 2.00 bits per heavy atom. The van der Waals surface area contributed by atoms with Crippen molar-refractivity contribution < 1.29 is 14.8 Å². The molecule has 0 amide bonds. The summed E-state index contributed by atoms with van der Waals surface area (Å²) < 4.78 is 1.43. The molecule has 0 aliphatic heterocycles. The third-order valence-corrected chi connectivity index (χ3v) is 4.37. The summed E-state index contributed by atoms with van der Waals surface area (Å²) in [5.41, 5.74) is 1.58. The number of rotatable bonds is 4. The second kappa shape index (κ2) is 6.75. The Bertz CT molecular complexity index is 1250. The highest BCUT2D eigenvalue weighted by Crippen LogP contribution is 2.26. The van der Waals surface area contributed by atoms with Gasteiger partial charge in [0.25, 0.3) is 5.69 Å². The summed E-state index contributed by atoms with van der Waals surface area (Å²) in [5, 5.41) is 25.8. The normalized spacial score (nSPS) is 10.9. The van der Waals surface area contributed by atoms with E-state index in [0.29, 0.717) is 16.4 Å². The zero-order chi connectivity index (χ0) is 19.8. The number of aromatic nitrogens is 3. The number of aromatic hydroxyl groups is 1. The number of carbonyl (C=O) groups excluding carboxylic acids is 1. The van der Waals surface area contributed by atoms with E-state index in [1.165, 1.54) is 16.9 Å². The fourth-order valence-electron chi connectivity index (χ4n) is 2.76. The molecule has 2 heterocycles. The van der Waals surface area contributed by atoms with Crippen molar-refractivity contribution in [2.45, 2.75) is 0 Å². The Hall–Kier alpha value is -3.78. The summed E-state index contributed by atoms with van der Waals surface area (Å²) in [6, 6.07) is 12.2. The molecule has 1 N–H and O–H groups in total. The minimum Gasteiger partial charge on any atom is -0.507 e. The summed E-state index contributed by atoms with van der Waals surface area (Å²) in [6.07, 6.45) is 2.79. The molecule has 2 aromatic heterocycles. The van der Waals surface area contributed by atoms with Crippen molar-refractivity contribution in [3.8, 4) is 17.0 Å². The molecule has 0 bridgehead atoms. The van der Waals surface area contributed by atoms with Gasteiger partial charge in [0.15, 0.2) is 11.4 Å². The van der Waals surface area contributed by atoms with Gasteiger partial charge < -0.3 is 5.11 Å². The van der Waals surface area contributed by atoms with Crippen LogP contribution in [0.1, 0.15) is 15.9 Å². The number of nitro benzene ring substituents is 1. The molecule has 2 aromatic carbocycles. The van der Waals surface area contributed by atoms with Crippen molar-refractivity contribution >= 4 is 28.7 Å². The second-order valence-corrected chi connectivity index (χ2v) is 6.41. The van der Waals surface area contributed by atoms with Crippen LogP contribution in [0.2, 0.25) is 5.02 Å². The van der Waals surface area contributed by atoms with Crippen LogP contribution in [0.5, 0.6) is 5.75 Å². The lowest BCUT2D eigenvalue weighted by atomic mass is 10.0. The van der Waals surface area contributed by atoms with Crippen LogP contribution < -0.4 is 0 Å². The molecule has 9 heteroatoms. The summed E-state index contributed by atoms with van der Waals surface area (Å²) in [5.74, 6) is -0.953. The number of halogens is 1. The Morgan fingerprint density at radius 3 is 2.75 bits per heavy atom. The predicted molar refractivity (Wildman–Crippen MR) is 102 cm³/mol. The first-order valence-electron chi connectivity index (χ1n) is 8.06. The number of non-ortho nitro benzene ring substituents is 1. The van der Waals surface area contributed by atoms with E-state index >= 15 is 0 Å². The fraction of sp³-hybridized carbons (Fsp3) is 0. The van der Waals surface area contributed by atoms with E-state index in [4.69, 9.17) is 11.6 Å². The van der Waals surface area contributed by atoms with Crippen molar-refractivity contribution in [1.29, 1.82) is 0 Å². The quantitative estimate of drug-likeness (QED) is 0.319. The first-order chi connectivity index (χ1) is 13.4. The van der Waals surface area contributed by atoms with Crippen molar-refractivity contribution in [3.05, 3.63) is 87.2 Å². The first-order valence-corrected chi connectivity index (χ1v) is 8.43. The van der Waals surface area contributed by atoms with Gasteiger partial charge in [-0.05, 0) is 18.2 Å². The number of nitrogens with zero attached hydrogens (tertiary/aromatic N) is 4. The SMILES string of the molecule is O=C(c1cnc2cc(-c3cccc(Cl)c3)nn2c1)c1cc([N+](=O)[O-])ccc1O. The number of hydrogen-bond donors (Lipinski definition) is 1. The Kier molecular flexibility index (Phi) is 4.25. The Labute approximate surface area is 162 Å². The van der Waals surface area contributed by atoms with Crippen molar-refractivity contribution in [2.75, 3.05) is 0 Å². The van der Waals surface area contributed by atoms with E-state index in [0.717, 1.165) is 23.8 Å². The monoisotopic (exact) mass is 394 g/mol. The standard InChI is InChI=1S/C19H11ClN4O4/c20-13-3-1-2-11(6-13)16-8-18-21-9-12(10-23(18)22-16)19(26)15-7-14(24(27)28)4-5-17(15)25/h1-10,25H. The number of ketones is 1. The molecular weight excluding hydrogens is 384 g/mol. The maximum Gasteiger partial charge on any atom is 0.270 e. The number of benzene rings is 2. The highest BCUT2D eigenvalue weighted by atomic mass is 35.5. The average molecular weight is 395 g/mol. The number of nitro groups is 1. The van der Waals surface area contributed by atoms with Gasteiger partial charge in [0.05, 0.1) is 21.7 Å². The molecule has 0 fully saturated rings. The third kappa shape index (κ3) is 3.17. The van der Waals surface area contributed by atoms with Gasteiger partial charge >= 0.3 is 0 Å². The number of phenolic OH excluding ortho intramolecular Hbond substituents is 1. The van der Waals surface area contributed by atoms with Crippen molar-refractivity contribution in [1.82, 2.24) is 14.6 Å². The lowest BCUT2D eigenvalue weighted by Crippen LogP contribution is -2.05.